The van der Waals surface area contributed by atoms with E-state index < -0.39 is 11.9 Å². The molecule has 0 saturated carbocycles. The number of para-hydroxylation sites is 1. The summed E-state index contributed by atoms with van der Waals surface area (Å²) in [4.78, 5) is 38.3. The van der Waals surface area contributed by atoms with Crippen LogP contribution in [0.4, 0.5) is 0 Å². The fourth-order valence-corrected chi connectivity index (χ4v) is 3.98. The third-order valence-corrected chi connectivity index (χ3v) is 5.48. The van der Waals surface area contributed by atoms with Crippen molar-refractivity contribution in [2.24, 2.45) is 0 Å². The first kappa shape index (κ1) is 18.8. The second-order valence-corrected chi connectivity index (χ2v) is 7.32. The highest BCUT2D eigenvalue weighted by Gasteiger charge is 2.35. The Morgan fingerprint density at radius 2 is 1.68 bits per heavy atom. The van der Waals surface area contributed by atoms with Crippen LogP contribution in [0.5, 0.6) is 11.5 Å². The summed E-state index contributed by atoms with van der Waals surface area (Å²) in [6.07, 6.45) is 1.15. The van der Waals surface area contributed by atoms with Crippen molar-refractivity contribution in [3.63, 3.8) is 0 Å². The molecular formula is C25H16O6. The lowest BCUT2D eigenvalue weighted by atomic mass is 9.84. The zero-order valence-electron chi connectivity index (χ0n) is 16.2. The molecular weight excluding hydrogens is 396 g/mol. The zero-order valence-corrected chi connectivity index (χ0v) is 16.2. The van der Waals surface area contributed by atoms with Crippen LogP contribution >= 0.6 is 0 Å². The Balaban J connectivity index is 1.69. The van der Waals surface area contributed by atoms with Crippen molar-refractivity contribution in [3.8, 4) is 11.5 Å². The van der Waals surface area contributed by atoms with Gasteiger partial charge in [-0.2, -0.15) is 0 Å². The van der Waals surface area contributed by atoms with Gasteiger partial charge in [-0.1, -0.05) is 42.5 Å². The smallest absolute Gasteiger partial charge is 0.312 e. The number of hydrogen-bond acceptors (Lipinski definition) is 6. The predicted molar refractivity (Wildman–Crippen MR) is 113 cm³/mol. The summed E-state index contributed by atoms with van der Waals surface area (Å²) in [5, 5.41) is 11.4. The number of rotatable bonds is 3. The molecule has 31 heavy (non-hydrogen) atoms. The fraction of sp³-hybridized carbons (Fsp3) is 0.0800. The number of phenolic OH excluding ortho intramolecular Hbond substituents is 1. The predicted octanol–water partition coefficient (Wildman–Crippen LogP) is 4.17. The number of carbonyl (C=O) groups excluding carboxylic acids is 2. The van der Waals surface area contributed by atoms with Gasteiger partial charge in [0.2, 0.25) is 0 Å². The van der Waals surface area contributed by atoms with Gasteiger partial charge in [0.05, 0.1) is 23.6 Å². The van der Waals surface area contributed by atoms with E-state index >= 15 is 0 Å². The Morgan fingerprint density at radius 3 is 2.48 bits per heavy atom. The Bertz CT molecular complexity index is 1400. The summed E-state index contributed by atoms with van der Waals surface area (Å²) in [5.74, 6) is -1.90. The average Bonchev–Trinajstić information content (AvgIpc) is 2.79. The summed E-state index contributed by atoms with van der Waals surface area (Å²) in [6.45, 7) is 0. The van der Waals surface area contributed by atoms with Crippen LogP contribution in [0, 0.1) is 0 Å². The molecule has 1 N–H and O–H groups in total. The molecule has 152 valence electrons. The van der Waals surface area contributed by atoms with Gasteiger partial charge in [-0.25, -0.2) is 0 Å². The maximum atomic E-state index is 13.1. The highest BCUT2D eigenvalue weighted by Crippen LogP contribution is 2.45. The summed E-state index contributed by atoms with van der Waals surface area (Å²) in [5.41, 5.74) is 1.05. The van der Waals surface area contributed by atoms with E-state index in [4.69, 9.17) is 9.15 Å². The van der Waals surface area contributed by atoms with Crippen molar-refractivity contribution in [3.05, 3.63) is 105 Å². The van der Waals surface area contributed by atoms with E-state index in [1.165, 1.54) is 18.4 Å². The number of carbonyl (C=O) groups is 2. The van der Waals surface area contributed by atoms with Gasteiger partial charge in [-0.05, 0) is 24.3 Å². The highest BCUT2D eigenvalue weighted by atomic mass is 16.5. The van der Waals surface area contributed by atoms with Crippen molar-refractivity contribution in [1.82, 2.24) is 0 Å². The quantitative estimate of drug-likeness (QED) is 0.308. The van der Waals surface area contributed by atoms with E-state index in [1.54, 1.807) is 54.6 Å². The van der Waals surface area contributed by atoms with Crippen LogP contribution < -0.4 is 10.2 Å². The monoisotopic (exact) mass is 412 g/mol. The van der Waals surface area contributed by atoms with Crippen LogP contribution in [0.15, 0.2) is 82.2 Å². The molecule has 0 saturated heterocycles. The van der Waals surface area contributed by atoms with Crippen LogP contribution in [-0.4, -0.2) is 16.9 Å². The number of benzene rings is 3. The van der Waals surface area contributed by atoms with E-state index in [-0.39, 0.29) is 45.8 Å². The molecule has 1 aliphatic rings. The second-order valence-electron chi connectivity index (χ2n) is 7.32. The molecule has 4 aromatic rings. The van der Waals surface area contributed by atoms with Crippen LogP contribution in [0.1, 0.15) is 39.4 Å². The van der Waals surface area contributed by atoms with Crippen molar-refractivity contribution < 1.29 is 23.8 Å². The van der Waals surface area contributed by atoms with Gasteiger partial charge in [0.15, 0.2) is 11.2 Å². The number of esters is 1. The van der Waals surface area contributed by atoms with Gasteiger partial charge in [-0.3, -0.25) is 14.4 Å². The third kappa shape index (κ3) is 3.09. The minimum Gasteiger partial charge on any atom is -0.507 e. The van der Waals surface area contributed by atoms with Gasteiger partial charge in [-0.15, -0.1) is 0 Å². The van der Waals surface area contributed by atoms with E-state index in [1.807, 2.05) is 0 Å². The molecule has 6 nitrogen and oxygen atoms in total. The highest BCUT2D eigenvalue weighted by molar-refractivity contribution is 6.11. The Labute approximate surface area is 176 Å². The molecule has 6 heteroatoms. The normalized spacial score (nSPS) is 15.4. The van der Waals surface area contributed by atoms with Crippen molar-refractivity contribution in [2.45, 2.75) is 12.3 Å². The lowest BCUT2D eigenvalue weighted by molar-refractivity contribution is -0.135. The molecule has 0 fully saturated rings. The molecule has 2 heterocycles. The van der Waals surface area contributed by atoms with Gasteiger partial charge in [0.1, 0.15) is 17.1 Å². The summed E-state index contributed by atoms with van der Waals surface area (Å²) >= 11 is 0. The minimum atomic E-state index is -0.805. The van der Waals surface area contributed by atoms with Crippen molar-refractivity contribution in [2.75, 3.05) is 0 Å². The van der Waals surface area contributed by atoms with Crippen LogP contribution in [0.2, 0.25) is 0 Å². The standard InChI is InChI=1S/C25H16O6/c26-21-12-17(18-13-30-19-9-5-4-8-15(19)24(18)28)22-20(31-21)11-10-16(25(22)29)23(27)14-6-2-1-3-7-14/h1-11,13,17,29H,12H2. The molecule has 0 amide bonds. The van der Waals surface area contributed by atoms with E-state index in [9.17, 15) is 19.5 Å². The summed E-state index contributed by atoms with van der Waals surface area (Å²) in [6, 6.07) is 18.2. The first-order chi connectivity index (χ1) is 15.0. The zero-order chi connectivity index (χ0) is 21.5. The second kappa shape index (κ2) is 7.25. The molecule has 1 unspecified atom stereocenters. The molecule has 1 aromatic heterocycles. The molecule has 3 aromatic carbocycles. The molecule has 5 rings (SSSR count). The van der Waals surface area contributed by atoms with E-state index in [0.717, 1.165) is 0 Å². The molecule has 0 spiro atoms. The number of aromatic hydroxyl groups is 1. The van der Waals surface area contributed by atoms with Crippen LogP contribution in [0.25, 0.3) is 11.0 Å². The number of ketones is 1. The first-order valence-corrected chi connectivity index (χ1v) is 9.71. The Kier molecular flexibility index (Phi) is 4.40. The molecule has 0 bridgehead atoms. The summed E-state index contributed by atoms with van der Waals surface area (Å²) < 4.78 is 10.9. The van der Waals surface area contributed by atoms with Crippen molar-refractivity contribution >= 4 is 22.7 Å². The van der Waals surface area contributed by atoms with Crippen LogP contribution in [0.3, 0.4) is 0 Å². The Morgan fingerprint density at radius 1 is 0.935 bits per heavy atom. The first-order valence-electron chi connectivity index (χ1n) is 9.71. The number of hydrogen-bond donors (Lipinski definition) is 1. The number of fused-ring (bicyclic) bond motifs is 2. The maximum absolute atomic E-state index is 13.1. The lowest BCUT2D eigenvalue weighted by Crippen LogP contribution is -2.25. The maximum Gasteiger partial charge on any atom is 0.312 e. The van der Waals surface area contributed by atoms with Crippen LogP contribution in [-0.2, 0) is 4.79 Å². The summed E-state index contributed by atoms with van der Waals surface area (Å²) in [7, 11) is 0. The molecule has 0 aliphatic carbocycles. The van der Waals surface area contributed by atoms with E-state index in [2.05, 4.69) is 0 Å². The third-order valence-electron chi connectivity index (χ3n) is 5.48. The SMILES string of the molecule is O=C1CC(c2coc3ccccc3c2=O)c2c(ccc(C(=O)c3ccccc3)c2O)O1. The van der Waals surface area contributed by atoms with Gasteiger partial charge < -0.3 is 14.3 Å². The molecule has 0 radical (unpaired) electrons. The lowest BCUT2D eigenvalue weighted by Gasteiger charge is -2.26. The van der Waals surface area contributed by atoms with E-state index in [0.29, 0.717) is 16.5 Å². The molecule has 1 atom stereocenters. The van der Waals surface area contributed by atoms with Gasteiger partial charge in [0, 0.05) is 22.6 Å². The van der Waals surface area contributed by atoms with Gasteiger partial charge in [0.25, 0.3) is 0 Å². The fourth-order valence-electron chi connectivity index (χ4n) is 3.98. The number of phenols is 1. The average molecular weight is 412 g/mol. The largest absolute Gasteiger partial charge is 0.507 e. The van der Waals surface area contributed by atoms with Crippen molar-refractivity contribution in [1.29, 1.82) is 0 Å². The Hall–Kier alpha value is -4.19. The molecule has 1 aliphatic heterocycles. The topological polar surface area (TPSA) is 93.8 Å². The number of ether oxygens (including phenoxy) is 1. The minimum absolute atomic E-state index is 0.0677. The van der Waals surface area contributed by atoms with Gasteiger partial charge >= 0.3 is 5.97 Å².